The van der Waals surface area contributed by atoms with Crippen LogP contribution >= 0.6 is 34.8 Å². The third kappa shape index (κ3) is 3.69. The molecule has 0 amide bonds. The number of hydrogen-bond donors (Lipinski definition) is 1. The monoisotopic (exact) mass is 354 g/mol. The van der Waals surface area contributed by atoms with Crippen LogP contribution in [-0.2, 0) is 0 Å². The Morgan fingerprint density at radius 1 is 1.09 bits per heavy atom. The van der Waals surface area contributed by atoms with Gasteiger partial charge in [0.15, 0.2) is 12.0 Å². The fourth-order valence-electron chi connectivity index (χ4n) is 2.64. The van der Waals surface area contributed by atoms with Gasteiger partial charge in [-0.1, -0.05) is 59.1 Å². The van der Waals surface area contributed by atoms with Crippen LogP contribution < -0.4 is 10.1 Å². The maximum atomic E-state index is 6.18. The van der Waals surface area contributed by atoms with Crippen LogP contribution in [0.3, 0.4) is 0 Å². The van der Waals surface area contributed by atoms with Gasteiger partial charge in [0.1, 0.15) is 0 Å². The summed E-state index contributed by atoms with van der Waals surface area (Å²) in [4.78, 5) is 0. The van der Waals surface area contributed by atoms with Crippen molar-refractivity contribution in [3.8, 4) is 5.75 Å². The average molecular weight is 356 g/mol. The fraction of sp³-hybridized carbons (Fsp3) is 0.294. The summed E-state index contributed by atoms with van der Waals surface area (Å²) in [6, 6.07) is 14.7. The summed E-state index contributed by atoms with van der Waals surface area (Å²) in [6.45, 7) is 0. The molecule has 2 atom stereocenters. The average Bonchev–Trinajstić information content (AvgIpc) is 2.52. The van der Waals surface area contributed by atoms with E-state index >= 15 is 0 Å². The molecule has 1 N–H and O–H groups in total. The molecule has 0 bridgehead atoms. The summed E-state index contributed by atoms with van der Waals surface area (Å²) >= 11 is 18.3. The van der Waals surface area contributed by atoms with Crippen LogP contribution in [0.15, 0.2) is 36.4 Å². The number of nitrogens with one attached hydrogen (secondary N) is 1. The molecule has 2 aromatic rings. The van der Waals surface area contributed by atoms with Crippen molar-refractivity contribution in [1.82, 2.24) is 5.32 Å². The molecule has 0 saturated carbocycles. The van der Waals surface area contributed by atoms with Gasteiger partial charge in [-0.2, -0.15) is 0 Å². The second-order valence-electron chi connectivity index (χ2n) is 5.27. The number of rotatable bonds is 3. The van der Waals surface area contributed by atoms with Gasteiger partial charge in [0, 0.05) is 11.1 Å². The topological polar surface area (TPSA) is 21.3 Å². The molecule has 3 rings (SSSR count). The van der Waals surface area contributed by atoms with E-state index in [-0.39, 0.29) is 12.3 Å². The molecule has 2 aromatic carbocycles. The molecule has 1 heterocycles. The maximum absolute atomic E-state index is 6.18. The predicted molar refractivity (Wildman–Crippen MR) is 90.9 cm³/mol. The lowest BCUT2D eigenvalue weighted by Crippen LogP contribution is -2.40. The van der Waals surface area contributed by atoms with Crippen LogP contribution in [0.4, 0.5) is 0 Å². The van der Waals surface area contributed by atoms with Crippen molar-refractivity contribution in [2.45, 2.75) is 31.5 Å². The second-order valence-corrected chi connectivity index (χ2v) is 6.52. The molecule has 0 aliphatic carbocycles. The molecule has 22 heavy (non-hydrogen) atoms. The lowest BCUT2D eigenvalue weighted by atomic mass is 9.97. The van der Waals surface area contributed by atoms with E-state index in [1.165, 1.54) is 0 Å². The van der Waals surface area contributed by atoms with Gasteiger partial charge in [-0.25, -0.2) is 0 Å². The molecule has 0 spiro atoms. The fourth-order valence-corrected chi connectivity index (χ4v) is 3.55. The lowest BCUT2D eigenvalue weighted by Gasteiger charge is -2.32. The third-order valence-electron chi connectivity index (χ3n) is 3.68. The van der Waals surface area contributed by atoms with Crippen molar-refractivity contribution in [2.24, 2.45) is 0 Å². The van der Waals surface area contributed by atoms with Gasteiger partial charge < -0.3 is 4.74 Å². The van der Waals surface area contributed by atoms with Gasteiger partial charge in [-0.15, -0.1) is 0 Å². The van der Waals surface area contributed by atoms with Gasteiger partial charge >= 0.3 is 0 Å². The van der Waals surface area contributed by atoms with Gasteiger partial charge in [0.2, 0.25) is 0 Å². The zero-order valence-corrected chi connectivity index (χ0v) is 14.1. The van der Waals surface area contributed by atoms with Crippen LogP contribution in [0.1, 0.15) is 30.9 Å². The van der Waals surface area contributed by atoms with Crippen molar-refractivity contribution in [3.63, 3.8) is 0 Å². The molecule has 115 valence electrons. The summed E-state index contributed by atoms with van der Waals surface area (Å²) in [5, 5.41) is 4.83. The van der Waals surface area contributed by atoms with E-state index in [1.807, 2.05) is 18.2 Å². The van der Waals surface area contributed by atoms with Crippen LogP contribution in [0.25, 0.3) is 0 Å². The zero-order chi connectivity index (χ0) is 15.5. The maximum Gasteiger partial charge on any atom is 0.158 e. The van der Waals surface area contributed by atoms with Crippen molar-refractivity contribution in [2.75, 3.05) is 0 Å². The first-order chi connectivity index (χ1) is 10.6. The molecule has 1 radical (unpaired) electrons. The Labute approximate surface area is 145 Å². The zero-order valence-electron chi connectivity index (χ0n) is 11.8. The third-order valence-corrected chi connectivity index (χ3v) is 4.46. The van der Waals surface area contributed by atoms with E-state index in [9.17, 15) is 0 Å². The Bertz CT molecular complexity index is 625. The van der Waals surface area contributed by atoms with Crippen LogP contribution in [0.5, 0.6) is 5.75 Å². The van der Waals surface area contributed by atoms with Crippen molar-refractivity contribution < 1.29 is 4.74 Å². The van der Waals surface area contributed by atoms with E-state index < -0.39 is 0 Å². The number of piperidine rings is 1. The number of halogens is 3. The Morgan fingerprint density at radius 3 is 2.55 bits per heavy atom. The summed E-state index contributed by atoms with van der Waals surface area (Å²) in [5.41, 5.74) is 1.14. The van der Waals surface area contributed by atoms with Gasteiger partial charge in [0.05, 0.1) is 10.0 Å². The molecular formula is C17H15Cl3NO. The van der Waals surface area contributed by atoms with E-state index in [0.29, 0.717) is 20.8 Å². The molecule has 2 unspecified atom stereocenters. The van der Waals surface area contributed by atoms with E-state index in [0.717, 1.165) is 24.8 Å². The molecular weight excluding hydrogens is 341 g/mol. The summed E-state index contributed by atoms with van der Waals surface area (Å²) in [5.74, 6) is 0.475. The Balaban J connectivity index is 1.74. The molecule has 0 aromatic heterocycles. The van der Waals surface area contributed by atoms with E-state index in [2.05, 4.69) is 17.4 Å². The first-order valence-corrected chi connectivity index (χ1v) is 8.31. The van der Waals surface area contributed by atoms with Crippen LogP contribution in [-0.4, -0.2) is 6.23 Å². The minimum Gasteiger partial charge on any atom is -0.472 e. The first-order valence-electron chi connectivity index (χ1n) is 7.17. The van der Waals surface area contributed by atoms with E-state index in [4.69, 9.17) is 39.5 Å². The minimum atomic E-state index is -0.136. The van der Waals surface area contributed by atoms with Crippen LogP contribution in [0, 0.1) is 6.07 Å². The van der Waals surface area contributed by atoms with E-state index in [1.54, 1.807) is 12.1 Å². The van der Waals surface area contributed by atoms with Crippen molar-refractivity contribution in [1.29, 1.82) is 0 Å². The molecule has 1 aliphatic heterocycles. The highest BCUT2D eigenvalue weighted by atomic mass is 35.5. The summed E-state index contributed by atoms with van der Waals surface area (Å²) < 4.78 is 5.98. The van der Waals surface area contributed by atoms with Gasteiger partial charge in [-0.3, -0.25) is 5.32 Å². The first kappa shape index (κ1) is 15.9. The smallest absolute Gasteiger partial charge is 0.158 e. The number of benzene rings is 2. The lowest BCUT2D eigenvalue weighted by molar-refractivity contribution is 0.108. The highest BCUT2D eigenvalue weighted by molar-refractivity contribution is 6.40. The van der Waals surface area contributed by atoms with Gasteiger partial charge in [-0.05, 0) is 43.0 Å². The standard InChI is InChI=1S/C17H15Cl3NO/c18-12-9-13(19)17(14(20)10-12)22-16-8-4-7-15(21-16)11-5-2-1-3-6-11/h1-3,5,9-10,15-16,21H,4,7-8H2. The Hall–Kier alpha value is -0.930. The largest absolute Gasteiger partial charge is 0.472 e. The van der Waals surface area contributed by atoms with Crippen molar-refractivity contribution in [3.05, 3.63) is 63.1 Å². The molecule has 1 saturated heterocycles. The summed E-state index contributed by atoms with van der Waals surface area (Å²) in [7, 11) is 0. The normalized spacial score (nSPS) is 21.6. The quantitative estimate of drug-likeness (QED) is 0.766. The number of hydrogen-bond acceptors (Lipinski definition) is 2. The van der Waals surface area contributed by atoms with Crippen LogP contribution in [0.2, 0.25) is 15.1 Å². The summed E-state index contributed by atoms with van der Waals surface area (Å²) in [6.07, 6.45) is 2.89. The minimum absolute atomic E-state index is 0.136. The molecule has 2 nitrogen and oxygen atoms in total. The molecule has 1 aliphatic rings. The molecule has 5 heteroatoms. The SMILES string of the molecule is Clc1cc(Cl)c(OC2CCCC(c3[c]cccc3)N2)c(Cl)c1. The Kier molecular flexibility index (Phi) is 5.14. The predicted octanol–water partition coefficient (Wildman–Crippen LogP) is 5.67. The van der Waals surface area contributed by atoms with Crippen molar-refractivity contribution >= 4 is 34.8 Å². The molecule has 1 fully saturated rings. The number of ether oxygens (including phenoxy) is 1. The Morgan fingerprint density at radius 2 is 1.86 bits per heavy atom. The highest BCUT2D eigenvalue weighted by Gasteiger charge is 2.24. The highest BCUT2D eigenvalue weighted by Crippen LogP contribution is 2.37. The van der Waals surface area contributed by atoms with Gasteiger partial charge in [0.25, 0.3) is 0 Å². The second kappa shape index (κ2) is 7.10.